The number of amides is 1. The summed E-state index contributed by atoms with van der Waals surface area (Å²) < 4.78 is 11.8. The fraction of sp³-hybridized carbons (Fsp3) is 0.348. The topological polar surface area (TPSA) is 81.7 Å². The number of ether oxygens (including phenoxy) is 2. The molecule has 0 unspecified atom stereocenters. The Morgan fingerprint density at radius 3 is 1.71 bits per heavy atom. The predicted octanol–water partition coefficient (Wildman–Crippen LogP) is 6.64. The average Bonchev–Trinajstić information content (AvgIpc) is 2.77. The van der Waals surface area contributed by atoms with Crippen LogP contribution < -0.4 is 5.32 Å². The molecule has 2 rings (SSSR count). The smallest absolute Gasteiger partial charge is 0.344 e. The minimum absolute atomic E-state index is 0.0474. The second-order valence-corrected chi connectivity index (χ2v) is 10.0. The molecule has 2 aromatic carbocycles. The first-order chi connectivity index (χ1) is 16.0. The molecule has 0 heterocycles. The quantitative estimate of drug-likeness (QED) is 0.189. The van der Waals surface area contributed by atoms with Gasteiger partial charge < -0.3 is 14.8 Å². The lowest BCUT2D eigenvalue weighted by Crippen LogP contribution is -2.62. The van der Waals surface area contributed by atoms with Crippen molar-refractivity contribution in [3.63, 3.8) is 0 Å². The number of hydrogen-bond acceptors (Lipinski definition) is 5. The molecule has 0 saturated heterocycles. The van der Waals surface area contributed by atoms with Crippen molar-refractivity contribution >= 4 is 88.8 Å². The van der Waals surface area contributed by atoms with Gasteiger partial charge in [0.1, 0.15) is 0 Å². The molecule has 2 aromatic rings. The molecule has 0 bridgehead atoms. The number of halogens is 5. The highest BCUT2D eigenvalue weighted by atomic mass is 79.9. The maximum atomic E-state index is 12.5. The highest BCUT2D eigenvalue weighted by molar-refractivity contribution is 9.10. The third kappa shape index (κ3) is 9.15. The van der Waals surface area contributed by atoms with Crippen molar-refractivity contribution in [3.05, 3.63) is 66.5 Å². The number of hydrogen-bond donors (Lipinski definition) is 1. The Balaban J connectivity index is 0.000000479. The Hall–Kier alpha value is -1.13. The second kappa shape index (κ2) is 15.1. The molecular weight excluding hydrogens is 681 g/mol. The van der Waals surface area contributed by atoms with Crippen molar-refractivity contribution in [2.45, 2.75) is 38.1 Å². The van der Waals surface area contributed by atoms with Crippen molar-refractivity contribution in [3.8, 4) is 0 Å². The number of rotatable bonds is 8. The van der Waals surface area contributed by atoms with E-state index in [1.165, 1.54) is 6.92 Å². The summed E-state index contributed by atoms with van der Waals surface area (Å²) >= 11 is 22.0. The van der Waals surface area contributed by atoms with E-state index in [1.54, 1.807) is 32.0 Å². The normalized spacial score (nSPS) is 10.6. The Morgan fingerprint density at radius 1 is 0.882 bits per heavy atom. The highest BCUT2D eigenvalue weighted by Crippen LogP contribution is 2.27. The summed E-state index contributed by atoms with van der Waals surface area (Å²) in [5, 5.41) is 4.35. The van der Waals surface area contributed by atoms with Gasteiger partial charge in [0, 0.05) is 37.7 Å². The van der Waals surface area contributed by atoms with Gasteiger partial charge in [0.2, 0.25) is 11.4 Å². The lowest BCUT2D eigenvalue weighted by Gasteiger charge is -2.30. The van der Waals surface area contributed by atoms with Crippen LogP contribution in [0.15, 0.2) is 45.3 Å². The van der Waals surface area contributed by atoms with E-state index in [0.29, 0.717) is 15.1 Å². The number of carbonyl (C=O) groups is 3. The first-order valence-electron chi connectivity index (χ1n) is 10.1. The van der Waals surface area contributed by atoms with Gasteiger partial charge >= 0.3 is 11.9 Å². The summed E-state index contributed by atoms with van der Waals surface area (Å²) in [5.74, 6) is -2.35. The molecule has 0 aromatic heterocycles. The maximum absolute atomic E-state index is 12.5. The Labute approximate surface area is 234 Å². The Kier molecular flexibility index (Phi) is 13.7. The minimum atomic E-state index is -2.00. The van der Waals surface area contributed by atoms with Crippen LogP contribution in [0.2, 0.25) is 10.0 Å². The van der Waals surface area contributed by atoms with Gasteiger partial charge in [-0.1, -0.05) is 71.0 Å². The van der Waals surface area contributed by atoms with Crippen LogP contribution in [0.5, 0.6) is 0 Å². The molecule has 0 atom stereocenters. The van der Waals surface area contributed by atoms with E-state index in [0.717, 1.165) is 20.4 Å². The van der Waals surface area contributed by atoms with Crippen LogP contribution in [-0.2, 0) is 35.6 Å². The van der Waals surface area contributed by atoms with Crippen LogP contribution >= 0.6 is 71.0 Å². The molecule has 0 aliphatic carbocycles. The monoisotopic (exact) mass is 701 g/mol. The van der Waals surface area contributed by atoms with E-state index in [9.17, 15) is 14.4 Å². The average molecular weight is 705 g/mol. The van der Waals surface area contributed by atoms with Crippen LogP contribution in [-0.4, -0.2) is 36.6 Å². The SMILES string of the molecule is CCOC(=O)C(Cc1cc(Br)ccc1Cl)(NC(C)=O)C(=O)OCC.Clc1ccc(Br)cc1CBr. The molecule has 34 heavy (non-hydrogen) atoms. The van der Waals surface area contributed by atoms with Crippen LogP contribution in [0.3, 0.4) is 0 Å². The largest absolute Gasteiger partial charge is 0.464 e. The summed E-state index contributed by atoms with van der Waals surface area (Å²) in [4.78, 5) is 36.7. The molecule has 0 spiro atoms. The van der Waals surface area contributed by atoms with Crippen molar-refractivity contribution in [1.82, 2.24) is 5.32 Å². The zero-order valence-corrected chi connectivity index (χ0v) is 25.0. The van der Waals surface area contributed by atoms with Gasteiger partial charge in [0.05, 0.1) is 13.2 Å². The van der Waals surface area contributed by atoms with E-state index in [-0.39, 0.29) is 19.6 Å². The number of benzene rings is 2. The first-order valence-corrected chi connectivity index (χ1v) is 13.5. The fourth-order valence-corrected chi connectivity index (χ4v) is 4.60. The number of carbonyl (C=O) groups excluding carboxylic acids is 3. The summed E-state index contributed by atoms with van der Waals surface area (Å²) in [6.07, 6.45) is -0.192. The van der Waals surface area contributed by atoms with E-state index < -0.39 is 23.4 Å². The van der Waals surface area contributed by atoms with Crippen LogP contribution in [0.1, 0.15) is 31.9 Å². The van der Waals surface area contributed by atoms with Gasteiger partial charge in [0.25, 0.3) is 0 Å². The van der Waals surface area contributed by atoms with Gasteiger partial charge in [-0.15, -0.1) is 0 Å². The third-order valence-electron chi connectivity index (χ3n) is 4.25. The number of esters is 2. The molecule has 0 radical (unpaired) electrons. The van der Waals surface area contributed by atoms with Crippen molar-refractivity contribution in [1.29, 1.82) is 0 Å². The fourth-order valence-electron chi connectivity index (χ4n) is 2.79. The van der Waals surface area contributed by atoms with Crippen molar-refractivity contribution < 1.29 is 23.9 Å². The molecule has 0 aliphatic rings. The molecule has 0 fully saturated rings. The zero-order chi connectivity index (χ0) is 25.9. The van der Waals surface area contributed by atoms with Gasteiger partial charge in [-0.3, -0.25) is 4.79 Å². The summed E-state index contributed by atoms with van der Waals surface area (Å²) in [5.41, 5.74) is -0.403. The van der Waals surface area contributed by atoms with E-state index in [2.05, 4.69) is 53.1 Å². The minimum Gasteiger partial charge on any atom is -0.464 e. The van der Waals surface area contributed by atoms with Gasteiger partial charge in [0.15, 0.2) is 0 Å². The zero-order valence-electron chi connectivity index (χ0n) is 18.7. The summed E-state index contributed by atoms with van der Waals surface area (Å²) in [6.45, 7) is 4.51. The van der Waals surface area contributed by atoms with Crippen LogP contribution in [0.25, 0.3) is 0 Å². The van der Waals surface area contributed by atoms with Gasteiger partial charge in [-0.2, -0.15) is 0 Å². The number of nitrogens with one attached hydrogen (secondary N) is 1. The molecule has 6 nitrogen and oxygen atoms in total. The predicted molar refractivity (Wildman–Crippen MR) is 144 cm³/mol. The van der Waals surface area contributed by atoms with Crippen LogP contribution in [0.4, 0.5) is 0 Å². The van der Waals surface area contributed by atoms with E-state index in [4.69, 9.17) is 32.7 Å². The molecule has 186 valence electrons. The number of alkyl halides is 1. The Bertz CT molecular complexity index is 1000. The molecule has 0 saturated carbocycles. The molecular formula is C23H24Br3Cl2NO5. The summed E-state index contributed by atoms with van der Waals surface area (Å²) in [7, 11) is 0. The van der Waals surface area contributed by atoms with Gasteiger partial charge in [-0.05, 0) is 61.4 Å². The first kappa shape index (κ1) is 30.9. The third-order valence-corrected chi connectivity index (χ3v) is 6.58. The molecule has 0 aliphatic heterocycles. The van der Waals surface area contributed by atoms with E-state index in [1.807, 2.05) is 18.2 Å². The maximum Gasteiger partial charge on any atom is 0.344 e. The van der Waals surface area contributed by atoms with Gasteiger partial charge in [-0.25, -0.2) is 9.59 Å². The van der Waals surface area contributed by atoms with E-state index >= 15 is 0 Å². The van der Waals surface area contributed by atoms with Crippen LogP contribution in [0, 0.1) is 0 Å². The highest BCUT2D eigenvalue weighted by Gasteiger charge is 2.50. The summed E-state index contributed by atoms with van der Waals surface area (Å²) in [6, 6.07) is 10.8. The molecule has 1 amide bonds. The van der Waals surface area contributed by atoms with Crippen molar-refractivity contribution in [2.24, 2.45) is 0 Å². The second-order valence-electron chi connectivity index (χ2n) is 6.81. The standard InChI is InChI=1S/C16H19BrClNO5.C7H5Br2Cl/c1-4-23-14(21)16(19-10(3)20,15(22)24-5-2)9-11-8-12(17)6-7-13(11)18;8-4-5-3-6(9)1-2-7(5)10/h6-8H,4-5,9H2,1-3H3,(H,19,20);1-3H,4H2. The molecule has 1 N–H and O–H groups in total. The van der Waals surface area contributed by atoms with Crippen molar-refractivity contribution in [2.75, 3.05) is 13.2 Å². The molecule has 11 heteroatoms. The lowest BCUT2D eigenvalue weighted by molar-refractivity contribution is -0.168. The Morgan fingerprint density at radius 2 is 1.32 bits per heavy atom. The lowest BCUT2D eigenvalue weighted by atomic mass is 9.90.